The van der Waals surface area contributed by atoms with Crippen molar-refractivity contribution in [1.29, 1.82) is 0 Å². The van der Waals surface area contributed by atoms with Crippen molar-refractivity contribution < 1.29 is 27.0 Å². The molecule has 8 nitrogen and oxygen atoms in total. The van der Waals surface area contributed by atoms with Crippen LogP contribution >= 0.6 is 0 Å². The molecule has 0 bridgehead atoms. The number of sulfone groups is 1. The second-order valence-electron chi connectivity index (χ2n) is 7.06. The molecule has 0 saturated carbocycles. The molecule has 0 fully saturated rings. The zero-order valence-corrected chi connectivity index (χ0v) is 18.9. The Hall–Kier alpha value is -3.69. The van der Waals surface area contributed by atoms with Gasteiger partial charge in [0.05, 0.1) is 15.4 Å². The fourth-order valence-corrected chi connectivity index (χ4v) is 4.61. The highest BCUT2D eigenvalue weighted by Gasteiger charge is 2.28. The monoisotopic (exact) mass is 466 g/mol. The summed E-state index contributed by atoms with van der Waals surface area (Å²) in [7, 11) is -2.46. The molecule has 1 aromatic heterocycles. The zero-order valence-electron chi connectivity index (χ0n) is 18.1. The van der Waals surface area contributed by atoms with Crippen molar-refractivity contribution >= 4 is 9.84 Å². The molecule has 0 amide bonds. The lowest BCUT2D eigenvalue weighted by Crippen LogP contribution is -2.08. The summed E-state index contributed by atoms with van der Waals surface area (Å²) in [6.45, 7) is 1.78. The number of methoxy groups -OCH3 is 1. The highest BCUT2D eigenvalue weighted by Crippen LogP contribution is 2.40. The van der Waals surface area contributed by atoms with Crippen molar-refractivity contribution in [2.45, 2.75) is 23.3 Å². The maximum atomic E-state index is 13.6. The summed E-state index contributed by atoms with van der Waals surface area (Å²) in [6.07, 6.45) is 0. The van der Waals surface area contributed by atoms with E-state index in [0.29, 0.717) is 5.89 Å². The first kappa shape index (κ1) is 22.5. The van der Waals surface area contributed by atoms with Gasteiger partial charge in [-0.15, -0.1) is 10.2 Å². The second kappa shape index (κ2) is 9.85. The maximum absolute atomic E-state index is 13.6. The topological polar surface area (TPSA) is 101 Å². The normalized spacial score (nSPS) is 11.3. The van der Waals surface area contributed by atoms with Gasteiger partial charge in [-0.1, -0.05) is 48.5 Å². The second-order valence-corrected chi connectivity index (χ2v) is 8.98. The van der Waals surface area contributed by atoms with Gasteiger partial charge in [-0.05, 0) is 23.8 Å². The van der Waals surface area contributed by atoms with E-state index in [2.05, 4.69) is 10.2 Å². The van der Waals surface area contributed by atoms with Crippen molar-refractivity contribution in [2.24, 2.45) is 0 Å². The van der Waals surface area contributed by atoms with Crippen molar-refractivity contribution in [2.75, 3.05) is 13.9 Å². The van der Waals surface area contributed by atoms with Crippen LogP contribution in [-0.2, 0) is 21.2 Å². The van der Waals surface area contributed by atoms with Gasteiger partial charge in [0.2, 0.25) is 21.6 Å². The number of benzene rings is 3. The van der Waals surface area contributed by atoms with E-state index in [4.69, 9.17) is 18.6 Å². The highest BCUT2D eigenvalue weighted by atomic mass is 32.2. The number of aromatic nitrogens is 2. The molecule has 9 heteroatoms. The van der Waals surface area contributed by atoms with E-state index in [9.17, 15) is 8.42 Å². The van der Waals surface area contributed by atoms with E-state index < -0.39 is 9.84 Å². The lowest BCUT2D eigenvalue weighted by atomic mass is 10.2. The molecule has 0 unspecified atom stereocenters. The van der Waals surface area contributed by atoms with E-state index in [1.165, 1.54) is 31.4 Å². The summed E-state index contributed by atoms with van der Waals surface area (Å²) in [5.41, 5.74) is 1.12. The van der Waals surface area contributed by atoms with Crippen LogP contribution in [0.4, 0.5) is 0 Å². The summed E-state index contributed by atoms with van der Waals surface area (Å²) in [5, 5.41) is 7.86. The van der Waals surface area contributed by atoms with Gasteiger partial charge in [-0.2, -0.15) is 0 Å². The summed E-state index contributed by atoms with van der Waals surface area (Å²) in [4.78, 5) is 0.0900. The minimum Gasteiger partial charge on any atom is -0.485 e. The van der Waals surface area contributed by atoms with Gasteiger partial charge in [-0.25, -0.2) is 8.42 Å². The van der Waals surface area contributed by atoms with Crippen LogP contribution in [0.5, 0.6) is 11.5 Å². The molecule has 0 atom stereocenters. The third-order valence-corrected chi connectivity index (χ3v) is 6.52. The standard InChI is InChI=1S/C24H22N2O6S/c1-17-25-26-24(32-17)20-13-21(31-16-29-2)22(30-15-18-9-5-3-6-10-18)14-23(20)33(27,28)19-11-7-4-8-12-19/h3-14H,15-16H2,1-2H3. The molecule has 0 aliphatic rings. The fourth-order valence-electron chi connectivity index (χ4n) is 3.15. The van der Waals surface area contributed by atoms with Gasteiger partial charge in [0.25, 0.3) is 0 Å². The minimum atomic E-state index is -3.95. The Balaban J connectivity index is 1.86. The van der Waals surface area contributed by atoms with Gasteiger partial charge in [0, 0.05) is 20.1 Å². The first-order valence-electron chi connectivity index (χ1n) is 10.1. The molecule has 0 radical (unpaired) electrons. The van der Waals surface area contributed by atoms with Crippen LogP contribution < -0.4 is 9.47 Å². The van der Waals surface area contributed by atoms with Crippen molar-refractivity contribution in [3.8, 4) is 23.0 Å². The van der Waals surface area contributed by atoms with E-state index in [1.54, 1.807) is 25.1 Å². The van der Waals surface area contributed by atoms with Crippen LogP contribution in [0.3, 0.4) is 0 Å². The Bertz CT molecular complexity index is 1320. The minimum absolute atomic E-state index is 0.0369. The van der Waals surface area contributed by atoms with E-state index >= 15 is 0 Å². The van der Waals surface area contributed by atoms with Gasteiger partial charge in [0.15, 0.2) is 18.3 Å². The molecule has 3 aromatic carbocycles. The summed E-state index contributed by atoms with van der Waals surface area (Å²) < 4.78 is 49.4. The van der Waals surface area contributed by atoms with Crippen molar-refractivity contribution in [3.05, 3.63) is 84.3 Å². The molecule has 0 N–H and O–H groups in total. The smallest absolute Gasteiger partial charge is 0.249 e. The first-order chi connectivity index (χ1) is 16.0. The number of aryl methyl sites for hydroxylation is 1. The predicted octanol–water partition coefficient (Wildman–Crippen LogP) is 4.44. The number of rotatable bonds is 9. The molecule has 1 heterocycles. The van der Waals surface area contributed by atoms with Gasteiger partial charge >= 0.3 is 0 Å². The van der Waals surface area contributed by atoms with Crippen LogP contribution in [0.2, 0.25) is 0 Å². The third-order valence-electron chi connectivity index (χ3n) is 4.71. The summed E-state index contributed by atoms with van der Waals surface area (Å²) >= 11 is 0. The Kier molecular flexibility index (Phi) is 6.71. The van der Waals surface area contributed by atoms with Crippen LogP contribution in [0.15, 0.2) is 87.0 Å². The van der Waals surface area contributed by atoms with E-state index in [1.807, 2.05) is 30.3 Å². The molecule has 0 aliphatic heterocycles. The lowest BCUT2D eigenvalue weighted by molar-refractivity contribution is 0.0483. The molecular weight excluding hydrogens is 444 g/mol. The Morgan fingerprint density at radius 1 is 0.879 bits per heavy atom. The number of ether oxygens (including phenoxy) is 3. The molecule has 0 saturated heterocycles. The Morgan fingerprint density at radius 3 is 2.18 bits per heavy atom. The molecule has 0 spiro atoms. The molecule has 170 valence electrons. The van der Waals surface area contributed by atoms with Gasteiger partial charge in [-0.3, -0.25) is 0 Å². The highest BCUT2D eigenvalue weighted by molar-refractivity contribution is 7.91. The fraction of sp³-hybridized carbons (Fsp3) is 0.167. The van der Waals surface area contributed by atoms with Crippen molar-refractivity contribution in [1.82, 2.24) is 10.2 Å². The molecule has 0 aliphatic carbocycles. The van der Waals surface area contributed by atoms with Crippen LogP contribution in [0.25, 0.3) is 11.5 Å². The Labute approximate surface area is 191 Å². The number of hydrogen-bond acceptors (Lipinski definition) is 8. The average Bonchev–Trinajstić information content (AvgIpc) is 3.28. The predicted molar refractivity (Wildman–Crippen MR) is 120 cm³/mol. The van der Waals surface area contributed by atoms with Crippen LogP contribution in [0.1, 0.15) is 11.5 Å². The lowest BCUT2D eigenvalue weighted by Gasteiger charge is -2.16. The van der Waals surface area contributed by atoms with E-state index in [-0.39, 0.29) is 46.1 Å². The number of hydrogen-bond donors (Lipinski definition) is 0. The summed E-state index contributed by atoms with van der Waals surface area (Å²) in [6, 6.07) is 20.6. The third kappa shape index (κ3) is 5.05. The number of nitrogens with zero attached hydrogens (tertiary/aromatic N) is 2. The van der Waals surface area contributed by atoms with E-state index in [0.717, 1.165) is 5.56 Å². The van der Waals surface area contributed by atoms with Crippen LogP contribution in [0, 0.1) is 6.92 Å². The van der Waals surface area contributed by atoms with Gasteiger partial charge < -0.3 is 18.6 Å². The van der Waals surface area contributed by atoms with Crippen LogP contribution in [-0.4, -0.2) is 32.5 Å². The zero-order chi connectivity index (χ0) is 23.3. The molecule has 4 rings (SSSR count). The largest absolute Gasteiger partial charge is 0.485 e. The molecule has 33 heavy (non-hydrogen) atoms. The van der Waals surface area contributed by atoms with Gasteiger partial charge in [0.1, 0.15) is 6.61 Å². The quantitative estimate of drug-likeness (QED) is 0.334. The first-order valence-corrected chi connectivity index (χ1v) is 11.5. The SMILES string of the molecule is COCOc1cc(-c2nnc(C)o2)c(S(=O)(=O)c2ccccc2)cc1OCc1ccccc1. The maximum Gasteiger partial charge on any atom is 0.249 e. The summed E-state index contributed by atoms with van der Waals surface area (Å²) in [5.74, 6) is 0.881. The average molecular weight is 467 g/mol. The molecule has 4 aromatic rings. The van der Waals surface area contributed by atoms with Crippen molar-refractivity contribution in [3.63, 3.8) is 0 Å². The Morgan fingerprint density at radius 2 is 1.55 bits per heavy atom. The molecular formula is C24H22N2O6S.